The first-order valence-electron chi connectivity index (χ1n) is 6.48. The van der Waals surface area contributed by atoms with Gasteiger partial charge in [-0.25, -0.2) is 4.39 Å². The number of rotatable bonds is 3. The predicted octanol–water partition coefficient (Wildman–Crippen LogP) is 2.62. The van der Waals surface area contributed by atoms with Gasteiger partial charge in [-0.05, 0) is 57.0 Å². The van der Waals surface area contributed by atoms with Gasteiger partial charge in [0.25, 0.3) is 0 Å². The normalized spacial score (nSPS) is 23.1. The van der Waals surface area contributed by atoms with Gasteiger partial charge in [0.15, 0.2) is 0 Å². The van der Waals surface area contributed by atoms with Crippen LogP contribution in [0.25, 0.3) is 0 Å². The first-order valence-corrected chi connectivity index (χ1v) is 6.48. The van der Waals surface area contributed by atoms with Crippen LogP contribution in [0.4, 0.5) is 4.39 Å². The van der Waals surface area contributed by atoms with Crippen molar-refractivity contribution in [3.63, 3.8) is 0 Å². The molecule has 1 aromatic carbocycles. The third kappa shape index (κ3) is 3.79. The van der Waals surface area contributed by atoms with Crippen molar-refractivity contribution in [2.24, 2.45) is 0 Å². The Bertz CT molecular complexity index is 346. The van der Waals surface area contributed by atoms with Crippen LogP contribution in [0.2, 0.25) is 0 Å². The molecule has 0 spiro atoms. The lowest BCUT2D eigenvalue weighted by molar-refractivity contribution is 0.420. The summed E-state index contributed by atoms with van der Waals surface area (Å²) in [5.41, 5.74) is 1.03. The summed E-state index contributed by atoms with van der Waals surface area (Å²) >= 11 is 0. The Morgan fingerprint density at radius 1 is 1.35 bits per heavy atom. The second-order valence-electron chi connectivity index (χ2n) is 4.82. The van der Waals surface area contributed by atoms with Gasteiger partial charge < -0.3 is 10.6 Å². The van der Waals surface area contributed by atoms with Crippen LogP contribution in [0, 0.1) is 5.82 Å². The molecule has 2 rings (SSSR count). The summed E-state index contributed by atoms with van der Waals surface area (Å²) in [7, 11) is 0. The quantitative estimate of drug-likeness (QED) is 0.843. The van der Waals surface area contributed by atoms with Crippen LogP contribution in [0.15, 0.2) is 24.3 Å². The molecule has 1 aliphatic heterocycles. The lowest BCUT2D eigenvalue weighted by Gasteiger charge is -2.22. The highest BCUT2D eigenvalue weighted by Gasteiger charge is 2.15. The molecule has 2 nitrogen and oxygen atoms in total. The van der Waals surface area contributed by atoms with Crippen LogP contribution < -0.4 is 10.6 Å². The third-order valence-corrected chi connectivity index (χ3v) is 3.41. The molecule has 1 heterocycles. The SMILES string of the molecule is C[C@H](NC1CCCNCC1)c1cccc(F)c1. The zero-order valence-corrected chi connectivity index (χ0v) is 10.4. The van der Waals surface area contributed by atoms with Crippen molar-refractivity contribution < 1.29 is 4.39 Å². The van der Waals surface area contributed by atoms with Crippen molar-refractivity contribution in [1.29, 1.82) is 0 Å². The van der Waals surface area contributed by atoms with E-state index in [9.17, 15) is 4.39 Å². The highest BCUT2D eigenvalue weighted by molar-refractivity contribution is 5.19. The van der Waals surface area contributed by atoms with Crippen LogP contribution >= 0.6 is 0 Å². The summed E-state index contributed by atoms with van der Waals surface area (Å²) < 4.78 is 13.1. The Kier molecular flexibility index (Phi) is 4.51. The zero-order chi connectivity index (χ0) is 12.1. The maximum absolute atomic E-state index is 13.1. The minimum absolute atomic E-state index is 0.154. The molecule has 2 atom stereocenters. The first-order chi connectivity index (χ1) is 8.25. The van der Waals surface area contributed by atoms with E-state index in [1.54, 1.807) is 12.1 Å². The van der Waals surface area contributed by atoms with Gasteiger partial charge in [0.1, 0.15) is 5.82 Å². The fraction of sp³-hybridized carbons (Fsp3) is 0.571. The Labute approximate surface area is 103 Å². The number of hydrogen-bond acceptors (Lipinski definition) is 2. The summed E-state index contributed by atoms with van der Waals surface area (Å²) in [6.07, 6.45) is 3.57. The van der Waals surface area contributed by atoms with Gasteiger partial charge in [-0.2, -0.15) is 0 Å². The van der Waals surface area contributed by atoms with Gasteiger partial charge >= 0.3 is 0 Å². The molecule has 0 saturated carbocycles. The van der Waals surface area contributed by atoms with Gasteiger partial charge in [0.05, 0.1) is 0 Å². The maximum Gasteiger partial charge on any atom is 0.123 e. The molecule has 0 aliphatic carbocycles. The largest absolute Gasteiger partial charge is 0.317 e. The molecule has 1 unspecified atom stereocenters. The Morgan fingerprint density at radius 3 is 3.06 bits per heavy atom. The van der Waals surface area contributed by atoms with Crippen LogP contribution in [0.5, 0.6) is 0 Å². The van der Waals surface area contributed by atoms with E-state index in [4.69, 9.17) is 0 Å². The van der Waals surface area contributed by atoms with Crippen molar-refractivity contribution >= 4 is 0 Å². The van der Waals surface area contributed by atoms with E-state index < -0.39 is 0 Å². The molecule has 1 aromatic rings. The Balaban J connectivity index is 1.93. The maximum atomic E-state index is 13.1. The van der Waals surface area contributed by atoms with E-state index in [2.05, 4.69) is 17.6 Å². The van der Waals surface area contributed by atoms with Crippen molar-refractivity contribution in [3.05, 3.63) is 35.6 Å². The fourth-order valence-electron chi connectivity index (χ4n) is 2.41. The van der Waals surface area contributed by atoms with Crippen molar-refractivity contribution in [2.75, 3.05) is 13.1 Å². The van der Waals surface area contributed by atoms with Crippen molar-refractivity contribution in [2.45, 2.75) is 38.3 Å². The zero-order valence-electron chi connectivity index (χ0n) is 10.4. The number of nitrogens with one attached hydrogen (secondary N) is 2. The monoisotopic (exact) mass is 236 g/mol. The molecule has 0 bridgehead atoms. The first kappa shape index (κ1) is 12.5. The number of hydrogen-bond donors (Lipinski definition) is 2. The lowest BCUT2D eigenvalue weighted by Crippen LogP contribution is -2.32. The smallest absolute Gasteiger partial charge is 0.123 e. The molecule has 1 fully saturated rings. The standard InChI is InChI=1S/C14H21FN2/c1-11(12-4-2-5-13(15)10-12)17-14-6-3-8-16-9-7-14/h2,4-5,10-11,14,16-17H,3,6-9H2,1H3/t11-,14?/m0/s1. The average Bonchev–Trinajstić information content (AvgIpc) is 2.57. The van der Waals surface area contributed by atoms with Crippen LogP contribution in [-0.2, 0) is 0 Å². The van der Waals surface area contributed by atoms with Crippen LogP contribution in [0.1, 0.15) is 37.8 Å². The van der Waals surface area contributed by atoms with Crippen molar-refractivity contribution in [1.82, 2.24) is 10.6 Å². The molecular weight excluding hydrogens is 215 g/mol. The van der Waals surface area contributed by atoms with Crippen LogP contribution in [-0.4, -0.2) is 19.1 Å². The second kappa shape index (κ2) is 6.12. The minimum Gasteiger partial charge on any atom is -0.317 e. The Hall–Kier alpha value is -0.930. The second-order valence-corrected chi connectivity index (χ2v) is 4.82. The van der Waals surface area contributed by atoms with Gasteiger partial charge in [-0.3, -0.25) is 0 Å². The van der Waals surface area contributed by atoms with Gasteiger partial charge in [-0.1, -0.05) is 12.1 Å². The van der Waals surface area contributed by atoms with E-state index in [1.807, 2.05) is 6.07 Å². The van der Waals surface area contributed by atoms with E-state index in [0.29, 0.717) is 6.04 Å². The van der Waals surface area contributed by atoms with Gasteiger partial charge in [-0.15, -0.1) is 0 Å². The molecule has 0 amide bonds. The highest BCUT2D eigenvalue weighted by atomic mass is 19.1. The number of halogens is 1. The summed E-state index contributed by atoms with van der Waals surface area (Å²) in [6.45, 7) is 4.30. The van der Waals surface area contributed by atoms with Crippen LogP contribution in [0.3, 0.4) is 0 Å². The molecule has 3 heteroatoms. The minimum atomic E-state index is -0.154. The molecular formula is C14H21FN2. The molecule has 94 valence electrons. The average molecular weight is 236 g/mol. The molecule has 2 N–H and O–H groups in total. The highest BCUT2D eigenvalue weighted by Crippen LogP contribution is 2.16. The Morgan fingerprint density at radius 2 is 2.24 bits per heavy atom. The molecule has 0 radical (unpaired) electrons. The number of benzene rings is 1. The van der Waals surface area contributed by atoms with Crippen molar-refractivity contribution in [3.8, 4) is 0 Å². The summed E-state index contributed by atoms with van der Waals surface area (Å²) in [5.74, 6) is -0.154. The summed E-state index contributed by atoms with van der Waals surface area (Å²) in [6, 6.07) is 7.63. The molecule has 1 saturated heterocycles. The van der Waals surface area contributed by atoms with E-state index in [1.165, 1.54) is 18.9 Å². The third-order valence-electron chi connectivity index (χ3n) is 3.41. The summed E-state index contributed by atoms with van der Waals surface area (Å²) in [4.78, 5) is 0. The molecule has 1 aliphatic rings. The van der Waals surface area contributed by atoms with E-state index in [-0.39, 0.29) is 11.9 Å². The van der Waals surface area contributed by atoms with Gasteiger partial charge in [0.2, 0.25) is 0 Å². The van der Waals surface area contributed by atoms with E-state index in [0.717, 1.165) is 25.1 Å². The molecule has 0 aromatic heterocycles. The molecule has 17 heavy (non-hydrogen) atoms. The topological polar surface area (TPSA) is 24.1 Å². The lowest BCUT2D eigenvalue weighted by atomic mass is 10.0. The van der Waals surface area contributed by atoms with Gasteiger partial charge in [0, 0.05) is 12.1 Å². The van der Waals surface area contributed by atoms with E-state index >= 15 is 0 Å². The summed E-state index contributed by atoms with van der Waals surface area (Å²) in [5, 5.41) is 6.99. The fourth-order valence-corrected chi connectivity index (χ4v) is 2.41. The predicted molar refractivity (Wildman–Crippen MR) is 68.5 cm³/mol.